The zero-order valence-corrected chi connectivity index (χ0v) is 17.3. The second-order valence-electron chi connectivity index (χ2n) is 7.43. The van der Waals surface area contributed by atoms with Crippen LogP contribution in [0.25, 0.3) is 11.2 Å². The van der Waals surface area contributed by atoms with Crippen molar-refractivity contribution >= 4 is 34.3 Å². The standard InChI is InChI=1S/C22H19F2N5OS/c23-15-3-4-17(24)16(10-15)19-2-1-8-28(19)20-6-5-18-21(27-20)29(13-26-18)22(30)25-11-14-7-9-31-12-14/h3-7,9-10,12-13,19H,1-2,8,11H2,(H,25,30). The SMILES string of the molecule is O=C(NCc1ccsc1)n1cnc2ccc(N3CCCC3c3cc(F)ccc3F)nc21. The van der Waals surface area contributed by atoms with Crippen molar-refractivity contribution < 1.29 is 13.6 Å². The molecule has 1 amide bonds. The number of thiophene rings is 1. The predicted octanol–water partition coefficient (Wildman–Crippen LogP) is 4.87. The van der Waals surface area contributed by atoms with Gasteiger partial charge in [0.25, 0.3) is 0 Å². The molecule has 5 rings (SSSR count). The van der Waals surface area contributed by atoms with Crippen LogP contribution < -0.4 is 10.2 Å². The first kappa shape index (κ1) is 19.6. The Morgan fingerprint density at radius 1 is 1.23 bits per heavy atom. The smallest absolute Gasteiger partial charge is 0.328 e. The number of rotatable bonds is 4. The second kappa shape index (κ2) is 8.07. The molecule has 3 aromatic heterocycles. The van der Waals surface area contributed by atoms with Crippen LogP contribution in [0.5, 0.6) is 0 Å². The van der Waals surface area contributed by atoms with E-state index in [1.54, 1.807) is 23.5 Å². The Bertz CT molecular complexity index is 1240. The highest BCUT2D eigenvalue weighted by Gasteiger charge is 2.30. The van der Waals surface area contributed by atoms with Gasteiger partial charge in [0.2, 0.25) is 0 Å². The molecule has 4 aromatic rings. The van der Waals surface area contributed by atoms with Crippen LogP contribution in [0, 0.1) is 11.6 Å². The van der Waals surface area contributed by atoms with Crippen LogP contribution in [0.1, 0.15) is 30.0 Å². The van der Waals surface area contributed by atoms with Gasteiger partial charge >= 0.3 is 6.03 Å². The van der Waals surface area contributed by atoms with Crippen molar-refractivity contribution in [1.29, 1.82) is 0 Å². The molecule has 6 nitrogen and oxygen atoms in total. The summed E-state index contributed by atoms with van der Waals surface area (Å²) in [6.07, 6.45) is 2.97. The van der Waals surface area contributed by atoms with Crippen LogP contribution in [0.15, 0.2) is 53.5 Å². The van der Waals surface area contributed by atoms with Crippen LogP contribution >= 0.6 is 11.3 Å². The topological polar surface area (TPSA) is 63.1 Å². The number of pyridine rings is 1. The van der Waals surface area contributed by atoms with Crippen LogP contribution in [-0.4, -0.2) is 27.1 Å². The van der Waals surface area contributed by atoms with Crippen LogP contribution in [0.2, 0.25) is 0 Å². The average Bonchev–Trinajstić information content (AvgIpc) is 3.53. The Labute approximate surface area is 181 Å². The van der Waals surface area contributed by atoms with Crippen molar-refractivity contribution in [2.45, 2.75) is 25.4 Å². The normalized spacial score (nSPS) is 16.2. The van der Waals surface area contributed by atoms with Gasteiger partial charge in [0.15, 0.2) is 5.65 Å². The number of carbonyl (C=O) groups is 1. The molecule has 1 saturated heterocycles. The third-order valence-electron chi connectivity index (χ3n) is 5.49. The predicted molar refractivity (Wildman–Crippen MR) is 115 cm³/mol. The molecule has 1 N–H and O–H groups in total. The van der Waals surface area contributed by atoms with Crippen molar-refractivity contribution in [1.82, 2.24) is 19.9 Å². The van der Waals surface area contributed by atoms with E-state index in [-0.39, 0.29) is 12.1 Å². The van der Waals surface area contributed by atoms with E-state index in [0.717, 1.165) is 24.1 Å². The van der Waals surface area contributed by atoms with E-state index in [9.17, 15) is 13.6 Å². The number of nitrogens with zero attached hydrogens (tertiary/aromatic N) is 4. The van der Waals surface area contributed by atoms with Gasteiger partial charge in [-0.25, -0.2) is 28.1 Å². The van der Waals surface area contributed by atoms with Crippen molar-refractivity contribution in [3.63, 3.8) is 0 Å². The Morgan fingerprint density at radius 3 is 2.97 bits per heavy atom. The number of amides is 1. The fourth-order valence-electron chi connectivity index (χ4n) is 3.98. The summed E-state index contributed by atoms with van der Waals surface area (Å²) in [5, 5.41) is 6.79. The Morgan fingerprint density at radius 2 is 2.13 bits per heavy atom. The molecule has 9 heteroatoms. The maximum Gasteiger partial charge on any atom is 0.328 e. The summed E-state index contributed by atoms with van der Waals surface area (Å²) in [6, 6.07) is 8.43. The molecule has 0 spiro atoms. The number of halogens is 2. The first-order chi connectivity index (χ1) is 15.1. The maximum absolute atomic E-state index is 14.4. The molecule has 4 heterocycles. The molecular formula is C22H19F2N5OS. The first-order valence-electron chi connectivity index (χ1n) is 9.95. The lowest BCUT2D eigenvalue weighted by Crippen LogP contribution is -2.28. The lowest BCUT2D eigenvalue weighted by Gasteiger charge is -2.26. The van der Waals surface area contributed by atoms with Crippen molar-refractivity contribution in [3.8, 4) is 0 Å². The summed E-state index contributed by atoms with van der Waals surface area (Å²) in [4.78, 5) is 23.6. The fraction of sp³-hybridized carbons (Fsp3) is 0.227. The first-order valence-corrected chi connectivity index (χ1v) is 10.9. The van der Waals surface area contributed by atoms with E-state index in [1.165, 1.54) is 17.0 Å². The summed E-state index contributed by atoms with van der Waals surface area (Å²) in [6.45, 7) is 1.08. The highest BCUT2D eigenvalue weighted by atomic mass is 32.1. The van der Waals surface area contributed by atoms with Gasteiger partial charge in [-0.05, 0) is 65.6 Å². The average molecular weight is 439 g/mol. The second-order valence-corrected chi connectivity index (χ2v) is 8.21. The number of fused-ring (bicyclic) bond motifs is 1. The third-order valence-corrected chi connectivity index (χ3v) is 6.22. The van der Waals surface area contributed by atoms with Crippen molar-refractivity contribution in [2.24, 2.45) is 0 Å². The third kappa shape index (κ3) is 3.76. The molecule has 1 fully saturated rings. The van der Waals surface area contributed by atoms with E-state index in [1.807, 2.05) is 21.7 Å². The van der Waals surface area contributed by atoms with Gasteiger partial charge in [-0.15, -0.1) is 0 Å². The molecule has 1 unspecified atom stereocenters. The van der Waals surface area contributed by atoms with E-state index in [4.69, 9.17) is 0 Å². The molecular weight excluding hydrogens is 420 g/mol. The summed E-state index contributed by atoms with van der Waals surface area (Å²) in [7, 11) is 0. The summed E-state index contributed by atoms with van der Waals surface area (Å²) in [5.41, 5.74) is 2.35. The highest BCUT2D eigenvalue weighted by Crippen LogP contribution is 2.37. The number of aromatic nitrogens is 3. The number of hydrogen-bond acceptors (Lipinski definition) is 5. The lowest BCUT2D eigenvalue weighted by molar-refractivity contribution is 0.242. The van der Waals surface area contributed by atoms with Gasteiger partial charge < -0.3 is 10.2 Å². The van der Waals surface area contributed by atoms with E-state index >= 15 is 0 Å². The summed E-state index contributed by atoms with van der Waals surface area (Å²) >= 11 is 1.57. The molecule has 1 atom stereocenters. The molecule has 1 aromatic carbocycles. The van der Waals surface area contributed by atoms with Crippen molar-refractivity contribution in [3.05, 3.63) is 76.2 Å². The Hall–Kier alpha value is -3.33. The zero-order valence-electron chi connectivity index (χ0n) is 16.5. The monoisotopic (exact) mass is 439 g/mol. The van der Waals surface area contributed by atoms with E-state index in [0.29, 0.717) is 42.1 Å². The number of benzene rings is 1. The van der Waals surface area contributed by atoms with Gasteiger partial charge in [0.1, 0.15) is 29.3 Å². The minimum absolute atomic E-state index is 0.315. The molecule has 31 heavy (non-hydrogen) atoms. The molecule has 0 saturated carbocycles. The Kier molecular flexibility index (Phi) is 5.11. The van der Waals surface area contributed by atoms with Crippen LogP contribution in [0.3, 0.4) is 0 Å². The van der Waals surface area contributed by atoms with Crippen LogP contribution in [-0.2, 0) is 6.54 Å². The number of nitrogens with one attached hydrogen (secondary N) is 1. The van der Waals surface area contributed by atoms with E-state index in [2.05, 4.69) is 15.3 Å². The van der Waals surface area contributed by atoms with Crippen molar-refractivity contribution in [2.75, 3.05) is 11.4 Å². The molecule has 1 aliphatic heterocycles. The Balaban J connectivity index is 1.44. The highest BCUT2D eigenvalue weighted by molar-refractivity contribution is 7.07. The minimum Gasteiger partial charge on any atom is -0.349 e. The molecule has 0 aliphatic carbocycles. The van der Waals surface area contributed by atoms with Gasteiger partial charge in [-0.3, -0.25) is 0 Å². The van der Waals surface area contributed by atoms with Gasteiger partial charge in [-0.1, -0.05) is 0 Å². The number of imidazole rings is 1. The molecule has 158 valence electrons. The molecule has 1 aliphatic rings. The largest absolute Gasteiger partial charge is 0.349 e. The summed E-state index contributed by atoms with van der Waals surface area (Å²) in [5.74, 6) is -0.296. The number of anilines is 1. The summed E-state index contributed by atoms with van der Waals surface area (Å²) < 4.78 is 29.5. The van der Waals surface area contributed by atoms with Gasteiger partial charge in [-0.2, -0.15) is 11.3 Å². The quantitative estimate of drug-likeness (QED) is 0.493. The van der Waals surface area contributed by atoms with Crippen LogP contribution in [0.4, 0.5) is 19.4 Å². The zero-order chi connectivity index (χ0) is 21.4. The molecule has 0 radical (unpaired) electrons. The fourth-order valence-corrected chi connectivity index (χ4v) is 4.65. The van der Waals surface area contributed by atoms with Gasteiger partial charge in [0.05, 0.1) is 6.04 Å². The number of hydrogen-bond donors (Lipinski definition) is 1. The maximum atomic E-state index is 14.4. The minimum atomic E-state index is -0.466. The molecule has 0 bridgehead atoms. The number of carbonyl (C=O) groups excluding carboxylic acids is 1. The lowest BCUT2D eigenvalue weighted by atomic mass is 10.0. The van der Waals surface area contributed by atoms with Gasteiger partial charge in [0, 0.05) is 18.7 Å². The van der Waals surface area contributed by atoms with E-state index < -0.39 is 11.6 Å².